The van der Waals surface area contributed by atoms with Gasteiger partial charge < -0.3 is 9.72 Å². The Labute approximate surface area is 150 Å². The highest BCUT2D eigenvalue weighted by molar-refractivity contribution is 7.89. The van der Waals surface area contributed by atoms with Crippen LogP contribution in [0, 0.1) is 0 Å². The summed E-state index contributed by atoms with van der Waals surface area (Å²) in [6, 6.07) is 15.2. The third-order valence-corrected chi connectivity index (χ3v) is 5.10. The van der Waals surface area contributed by atoms with Crippen molar-refractivity contribution >= 4 is 32.5 Å². The van der Waals surface area contributed by atoms with E-state index in [0.717, 1.165) is 10.8 Å². The van der Waals surface area contributed by atoms with Crippen molar-refractivity contribution < 1.29 is 22.7 Å². The van der Waals surface area contributed by atoms with Gasteiger partial charge in [0.05, 0.1) is 10.6 Å². The van der Waals surface area contributed by atoms with Crippen molar-refractivity contribution in [1.82, 2.24) is 9.71 Å². The Hall–Kier alpha value is -2.97. The molecule has 0 unspecified atom stereocenters. The van der Waals surface area contributed by atoms with Gasteiger partial charge in [-0.05, 0) is 35.0 Å². The maximum atomic E-state index is 12.3. The number of carbonyl (C=O) groups is 2. The number of carbonyl (C=O) groups excluding carboxylic acids is 2. The van der Waals surface area contributed by atoms with E-state index in [2.05, 4.69) is 9.71 Å². The first kappa shape index (κ1) is 17.8. The molecule has 0 saturated carbocycles. The van der Waals surface area contributed by atoms with Crippen LogP contribution in [0.25, 0.3) is 10.8 Å². The number of H-pyrrole nitrogens is 1. The molecule has 0 aliphatic rings. The Kier molecular flexibility index (Phi) is 5.15. The number of aromatic amines is 1. The first-order chi connectivity index (χ1) is 12.5. The molecule has 3 aromatic rings. The predicted molar refractivity (Wildman–Crippen MR) is 95.2 cm³/mol. The van der Waals surface area contributed by atoms with Gasteiger partial charge in [0, 0.05) is 6.20 Å². The molecule has 0 amide bonds. The van der Waals surface area contributed by atoms with Gasteiger partial charge in [-0.1, -0.05) is 30.3 Å². The number of hydrogen-bond donors (Lipinski definition) is 2. The van der Waals surface area contributed by atoms with Crippen LogP contribution < -0.4 is 4.72 Å². The molecule has 2 N–H and O–H groups in total. The minimum absolute atomic E-state index is 0.0476. The summed E-state index contributed by atoms with van der Waals surface area (Å²) in [6.45, 7) is -1.02. The molecule has 0 radical (unpaired) electrons. The zero-order valence-corrected chi connectivity index (χ0v) is 14.5. The third-order valence-electron chi connectivity index (χ3n) is 3.70. The second kappa shape index (κ2) is 7.51. The fraction of sp³-hybridized carbons (Fsp3) is 0.111. The molecular formula is C18H16N2O5S. The molecule has 0 spiro atoms. The highest BCUT2D eigenvalue weighted by Gasteiger charge is 2.17. The number of ketones is 1. The number of hydrogen-bond acceptors (Lipinski definition) is 5. The molecule has 1 aromatic heterocycles. The maximum absolute atomic E-state index is 12.3. The average Bonchev–Trinajstić information content (AvgIpc) is 3.19. The normalized spacial score (nSPS) is 11.4. The molecule has 7 nitrogen and oxygen atoms in total. The number of benzene rings is 2. The largest absolute Gasteiger partial charge is 0.456 e. The van der Waals surface area contributed by atoms with Crippen molar-refractivity contribution in [2.45, 2.75) is 4.90 Å². The first-order valence-corrected chi connectivity index (χ1v) is 9.25. The highest BCUT2D eigenvalue weighted by Crippen LogP contribution is 2.18. The van der Waals surface area contributed by atoms with Gasteiger partial charge in [0.25, 0.3) is 0 Å². The lowest BCUT2D eigenvalue weighted by molar-refractivity contribution is -0.141. The minimum atomic E-state index is -3.87. The lowest BCUT2D eigenvalue weighted by atomic mass is 10.1. The van der Waals surface area contributed by atoms with E-state index in [4.69, 9.17) is 4.74 Å². The summed E-state index contributed by atoms with van der Waals surface area (Å²) >= 11 is 0. The SMILES string of the molecule is O=C(CNS(=O)(=O)c1ccc2ccccc2c1)OCC(=O)c1ccc[nH]1. The molecule has 0 saturated heterocycles. The van der Waals surface area contributed by atoms with Crippen molar-refractivity contribution in [3.05, 3.63) is 66.5 Å². The fourth-order valence-corrected chi connectivity index (χ4v) is 3.35. The van der Waals surface area contributed by atoms with E-state index in [9.17, 15) is 18.0 Å². The number of esters is 1. The van der Waals surface area contributed by atoms with Gasteiger partial charge >= 0.3 is 5.97 Å². The maximum Gasteiger partial charge on any atom is 0.321 e. The van der Waals surface area contributed by atoms with Crippen LogP contribution in [-0.2, 0) is 19.6 Å². The molecule has 3 rings (SSSR count). The minimum Gasteiger partial charge on any atom is -0.456 e. The second-order valence-corrected chi connectivity index (χ2v) is 7.27. The van der Waals surface area contributed by atoms with Crippen molar-refractivity contribution in [1.29, 1.82) is 0 Å². The smallest absolute Gasteiger partial charge is 0.321 e. The third kappa shape index (κ3) is 4.16. The summed E-state index contributed by atoms with van der Waals surface area (Å²) < 4.78 is 31.6. The van der Waals surface area contributed by atoms with Crippen LogP contribution in [0.2, 0.25) is 0 Å². The monoisotopic (exact) mass is 372 g/mol. The summed E-state index contributed by atoms with van der Waals surface area (Å²) in [5.41, 5.74) is 0.314. The van der Waals surface area contributed by atoms with Gasteiger partial charge in [-0.25, -0.2) is 8.42 Å². The van der Waals surface area contributed by atoms with Gasteiger partial charge in [-0.15, -0.1) is 0 Å². The number of nitrogens with one attached hydrogen (secondary N) is 2. The zero-order chi connectivity index (χ0) is 18.6. The van der Waals surface area contributed by atoms with Gasteiger partial charge in [0.1, 0.15) is 6.54 Å². The molecule has 0 atom stereocenters. The van der Waals surface area contributed by atoms with Gasteiger partial charge in [0.15, 0.2) is 6.61 Å². The standard InChI is InChI=1S/C18H16N2O5S/c21-17(16-6-3-9-19-16)12-25-18(22)11-20-26(23,24)15-8-7-13-4-1-2-5-14(13)10-15/h1-10,19-20H,11-12H2. The van der Waals surface area contributed by atoms with E-state index >= 15 is 0 Å². The molecule has 1 heterocycles. The van der Waals surface area contributed by atoms with E-state index in [1.54, 1.807) is 30.5 Å². The summed E-state index contributed by atoms with van der Waals surface area (Å²) in [5, 5.41) is 1.68. The topological polar surface area (TPSA) is 105 Å². The Morgan fingerprint density at radius 2 is 1.77 bits per heavy atom. The quantitative estimate of drug-likeness (QED) is 0.487. The highest BCUT2D eigenvalue weighted by atomic mass is 32.2. The van der Waals surface area contributed by atoms with Gasteiger partial charge in [-0.2, -0.15) is 4.72 Å². The molecule has 8 heteroatoms. The average molecular weight is 372 g/mol. The Bertz CT molecular complexity index is 1040. The first-order valence-electron chi connectivity index (χ1n) is 7.76. The number of sulfonamides is 1. The molecular weight excluding hydrogens is 356 g/mol. The summed E-state index contributed by atoms with van der Waals surface area (Å²) in [7, 11) is -3.87. The number of Topliss-reactive ketones (excluding diaryl/α,β-unsaturated/α-hetero) is 1. The van der Waals surface area contributed by atoms with Gasteiger partial charge in [0.2, 0.25) is 15.8 Å². The van der Waals surface area contributed by atoms with Crippen LogP contribution in [0.4, 0.5) is 0 Å². The van der Waals surface area contributed by atoms with Crippen molar-refractivity contribution in [3.8, 4) is 0 Å². The number of fused-ring (bicyclic) bond motifs is 1. The molecule has 134 valence electrons. The molecule has 0 aliphatic heterocycles. The summed E-state index contributed by atoms with van der Waals surface area (Å²) in [5.74, 6) is -1.24. The Morgan fingerprint density at radius 3 is 2.50 bits per heavy atom. The molecule has 0 bridgehead atoms. The Morgan fingerprint density at radius 1 is 1.00 bits per heavy atom. The van der Waals surface area contributed by atoms with E-state index in [0.29, 0.717) is 5.69 Å². The number of ether oxygens (including phenoxy) is 1. The Balaban J connectivity index is 1.58. The lowest BCUT2D eigenvalue weighted by Gasteiger charge is -2.08. The summed E-state index contributed by atoms with van der Waals surface area (Å²) in [4.78, 5) is 26.2. The van der Waals surface area contributed by atoms with Crippen LogP contribution in [0.3, 0.4) is 0 Å². The van der Waals surface area contributed by atoms with Crippen LogP contribution in [-0.4, -0.2) is 38.3 Å². The van der Waals surface area contributed by atoms with Crippen LogP contribution in [0.1, 0.15) is 10.5 Å². The number of aromatic nitrogens is 1. The molecule has 0 aliphatic carbocycles. The van der Waals surface area contributed by atoms with Crippen LogP contribution in [0.5, 0.6) is 0 Å². The fourth-order valence-electron chi connectivity index (χ4n) is 2.35. The van der Waals surface area contributed by atoms with Crippen molar-refractivity contribution in [2.24, 2.45) is 0 Å². The van der Waals surface area contributed by atoms with E-state index in [-0.39, 0.29) is 4.90 Å². The van der Waals surface area contributed by atoms with Crippen LogP contribution in [0.15, 0.2) is 65.7 Å². The van der Waals surface area contributed by atoms with Crippen molar-refractivity contribution in [2.75, 3.05) is 13.2 Å². The second-order valence-electron chi connectivity index (χ2n) is 5.50. The van der Waals surface area contributed by atoms with E-state index < -0.39 is 34.9 Å². The number of rotatable bonds is 7. The summed E-state index contributed by atoms with van der Waals surface area (Å²) in [6.07, 6.45) is 1.58. The van der Waals surface area contributed by atoms with Gasteiger partial charge in [-0.3, -0.25) is 9.59 Å². The van der Waals surface area contributed by atoms with Crippen molar-refractivity contribution in [3.63, 3.8) is 0 Å². The molecule has 0 fully saturated rings. The lowest BCUT2D eigenvalue weighted by Crippen LogP contribution is -2.31. The zero-order valence-electron chi connectivity index (χ0n) is 13.6. The van der Waals surface area contributed by atoms with Crippen LogP contribution >= 0.6 is 0 Å². The molecule has 2 aromatic carbocycles. The predicted octanol–water partition coefficient (Wildman–Crippen LogP) is 1.87. The molecule has 26 heavy (non-hydrogen) atoms. The van der Waals surface area contributed by atoms with E-state index in [1.807, 2.05) is 18.2 Å². The van der Waals surface area contributed by atoms with E-state index in [1.165, 1.54) is 12.1 Å².